The number of aliphatic hydroxyl groups is 1. The largest absolute Gasteiger partial charge is 0.385 e. The molecule has 1 nitrogen and oxygen atoms in total. The Balaban J connectivity index is 2.94. The minimum atomic E-state index is -0.521. The molecule has 76 valence electrons. The molecule has 0 amide bonds. The minimum Gasteiger partial charge on any atom is -0.385 e. The Kier molecular flexibility index (Phi) is 3.18. The lowest BCUT2D eigenvalue weighted by atomic mass is 9.72. The highest BCUT2D eigenvalue weighted by atomic mass is 16.3. The molecule has 0 saturated heterocycles. The monoisotopic (exact) mass is 182 g/mol. The van der Waals surface area contributed by atoms with Crippen LogP contribution >= 0.6 is 0 Å². The normalized spacial score (nSPS) is 29.6. The van der Waals surface area contributed by atoms with Crippen LogP contribution in [0.25, 0.3) is 0 Å². The lowest BCUT2D eigenvalue weighted by Crippen LogP contribution is -2.40. The summed E-state index contributed by atoms with van der Waals surface area (Å²) in [7, 11) is 0. The highest BCUT2D eigenvalue weighted by molar-refractivity contribution is 5.22. The van der Waals surface area contributed by atoms with Crippen LogP contribution in [0.15, 0.2) is 11.6 Å². The highest BCUT2D eigenvalue weighted by Gasteiger charge is 2.37. The van der Waals surface area contributed by atoms with Crippen LogP contribution in [-0.2, 0) is 0 Å². The zero-order chi connectivity index (χ0) is 10.1. The van der Waals surface area contributed by atoms with Gasteiger partial charge in [0.05, 0.1) is 5.60 Å². The fraction of sp³-hybridized carbons (Fsp3) is 0.833. The minimum absolute atomic E-state index is 0.335. The highest BCUT2D eigenvalue weighted by Crippen LogP contribution is 2.38. The number of hydrogen-bond acceptors (Lipinski definition) is 1. The van der Waals surface area contributed by atoms with E-state index in [-0.39, 0.29) is 0 Å². The molecule has 1 aliphatic rings. The van der Waals surface area contributed by atoms with Gasteiger partial charge in [0, 0.05) is 0 Å². The SMILES string of the molecule is CC(C)C1=CCCCC1(O)C(C)C. The summed E-state index contributed by atoms with van der Waals surface area (Å²) in [6.07, 6.45) is 5.45. The predicted molar refractivity (Wildman–Crippen MR) is 56.6 cm³/mol. The Morgan fingerprint density at radius 2 is 1.92 bits per heavy atom. The van der Waals surface area contributed by atoms with Gasteiger partial charge in [-0.3, -0.25) is 0 Å². The summed E-state index contributed by atoms with van der Waals surface area (Å²) in [4.78, 5) is 0. The topological polar surface area (TPSA) is 20.2 Å². The van der Waals surface area contributed by atoms with E-state index in [2.05, 4.69) is 33.8 Å². The molecule has 0 saturated carbocycles. The maximum atomic E-state index is 10.5. The summed E-state index contributed by atoms with van der Waals surface area (Å²) in [5.41, 5.74) is 0.737. The number of rotatable bonds is 2. The zero-order valence-electron chi connectivity index (χ0n) is 9.30. The third kappa shape index (κ3) is 1.96. The van der Waals surface area contributed by atoms with Crippen molar-refractivity contribution in [1.82, 2.24) is 0 Å². The summed E-state index contributed by atoms with van der Waals surface area (Å²) in [5, 5.41) is 10.5. The molecule has 0 aliphatic heterocycles. The zero-order valence-corrected chi connectivity index (χ0v) is 9.30. The molecule has 13 heavy (non-hydrogen) atoms. The van der Waals surface area contributed by atoms with Crippen LogP contribution in [0.1, 0.15) is 47.0 Å². The molecule has 0 spiro atoms. The second kappa shape index (κ2) is 3.83. The van der Waals surface area contributed by atoms with Gasteiger partial charge >= 0.3 is 0 Å². The van der Waals surface area contributed by atoms with Crippen molar-refractivity contribution in [2.45, 2.75) is 52.6 Å². The first-order chi connectivity index (χ1) is 5.98. The average Bonchev–Trinajstić information content (AvgIpc) is 2.04. The Morgan fingerprint density at radius 3 is 2.31 bits per heavy atom. The van der Waals surface area contributed by atoms with Crippen molar-refractivity contribution in [1.29, 1.82) is 0 Å². The van der Waals surface area contributed by atoms with Gasteiger partial charge in [-0.15, -0.1) is 0 Å². The maximum Gasteiger partial charge on any atom is 0.0882 e. The van der Waals surface area contributed by atoms with Gasteiger partial charge in [-0.05, 0) is 36.7 Å². The van der Waals surface area contributed by atoms with E-state index in [1.165, 1.54) is 5.57 Å². The molecular weight excluding hydrogens is 160 g/mol. The van der Waals surface area contributed by atoms with E-state index in [0.717, 1.165) is 19.3 Å². The quantitative estimate of drug-likeness (QED) is 0.650. The Hall–Kier alpha value is -0.300. The van der Waals surface area contributed by atoms with Crippen LogP contribution in [0.3, 0.4) is 0 Å². The molecule has 1 aliphatic carbocycles. The van der Waals surface area contributed by atoms with Crippen molar-refractivity contribution in [2.75, 3.05) is 0 Å². The molecule has 0 fully saturated rings. The van der Waals surface area contributed by atoms with Gasteiger partial charge in [0.2, 0.25) is 0 Å². The fourth-order valence-electron chi connectivity index (χ4n) is 2.31. The van der Waals surface area contributed by atoms with E-state index in [1.807, 2.05) is 0 Å². The first-order valence-corrected chi connectivity index (χ1v) is 5.41. The molecule has 0 aromatic carbocycles. The van der Waals surface area contributed by atoms with E-state index in [0.29, 0.717) is 11.8 Å². The standard InChI is InChI=1S/C12H22O/c1-9(2)11-7-5-6-8-12(11,13)10(3)4/h7,9-10,13H,5-6,8H2,1-4H3. The average molecular weight is 182 g/mol. The summed E-state index contributed by atoms with van der Waals surface area (Å²) in [6.45, 7) is 8.57. The van der Waals surface area contributed by atoms with E-state index in [4.69, 9.17) is 0 Å². The molecule has 1 unspecified atom stereocenters. The van der Waals surface area contributed by atoms with Gasteiger partial charge in [0.15, 0.2) is 0 Å². The first-order valence-electron chi connectivity index (χ1n) is 5.41. The summed E-state index contributed by atoms with van der Waals surface area (Å²) in [6, 6.07) is 0. The third-order valence-corrected chi connectivity index (χ3v) is 3.20. The molecule has 0 radical (unpaired) electrons. The molecule has 0 aromatic rings. The Morgan fingerprint density at radius 1 is 1.31 bits per heavy atom. The van der Waals surface area contributed by atoms with Gasteiger partial charge in [-0.25, -0.2) is 0 Å². The van der Waals surface area contributed by atoms with Gasteiger partial charge in [-0.2, -0.15) is 0 Å². The second-order valence-corrected chi connectivity index (χ2v) is 4.79. The van der Waals surface area contributed by atoms with Crippen LogP contribution in [0, 0.1) is 11.8 Å². The van der Waals surface area contributed by atoms with Crippen molar-refractivity contribution in [3.8, 4) is 0 Å². The van der Waals surface area contributed by atoms with Crippen molar-refractivity contribution in [3.63, 3.8) is 0 Å². The maximum absolute atomic E-state index is 10.5. The molecule has 1 heteroatoms. The molecule has 1 N–H and O–H groups in total. The summed E-state index contributed by atoms with van der Waals surface area (Å²) < 4.78 is 0. The van der Waals surface area contributed by atoms with Gasteiger partial charge in [0.25, 0.3) is 0 Å². The fourth-order valence-corrected chi connectivity index (χ4v) is 2.31. The van der Waals surface area contributed by atoms with Crippen LogP contribution < -0.4 is 0 Å². The summed E-state index contributed by atoms with van der Waals surface area (Å²) in [5.74, 6) is 0.814. The van der Waals surface area contributed by atoms with Gasteiger partial charge < -0.3 is 5.11 Å². The third-order valence-electron chi connectivity index (χ3n) is 3.20. The van der Waals surface area contributed by atoms with E-state index >= 15 is 0 Å². The lowest BCUT2D eigenvalue weighted by Gasteiger charge is -2.39. The molecule has 0 bridgehead atoms. The van der Waals surface area contributed by atoms with Crippen molar-refractivity contribution in [2.24, 2.45) is 11.8 Å². The molecular formula is C12H22O. The number of allylic oxidation sites excluding steroid dienone is 1. The van der Waals surface area contributed by atoms with Crippen LogP contribution in [0.2, 0.25) is 0 Å². The second-order valence-electron chi connectivity index (χ2n) is 4.79. The predicted octanol–water partition coefficient (Wildman–Crippen LogP) is 3.14. The summed E-state index contributed by atoms with van der Waals surface area (Å²) >= 11 is 0. The van der Waals surface area contributed by atoms with Crippen LogP contribution in [-0.4, -0.2) is 10.7 Å². The van der Waals surface area contributed by atoms with Crippen molar-refractivity contribution in [3.05, 3.63) is 11.6 Å². The number of hydrogen-bond donors (Lipinski definition) is 1. The van der Waals surface area contributed by atoms with Crippen LogP contribution in [0.5, 0.6) is 0 Å². The van der Waals surface area contributed by atoms with Crippen molar-refractivity contribution >= 4 is 0 Å². The van der Waals surface area contributed by atoms with E-state index in [9.17, 15) is 5.11 Å². The molecule has 1 rings (SSSR count). The molecule has 1 atom stereocenters. The van der Waals surface area contributed by atoms with Crippen LogP contribution in [0.4, 0.5) is 0 Å². The molecule has 0 heterocycles. The van der Waals surface area contributed by atoms with Crippen molar-refractivity contribution < 1.29 is 5.11 Å². The van der Waals surface area contributed by atoms with Gasteiger partial charge in [0.1, 0.15) is 0 Å². The lowest BCUT2D eigenvalue weighted by molar-refractivity contribution is 0.00880. The van der Waals surface area contributed by atoms with E-state index in [1.54, 1.807) is 0 Å². The van der Waals surface area contributed by atoms with E-state index < -0.39 is 5.60 Å². The first kappa shape index (κ1) is 10.8. The smallest absolute Gasteiger partial charge is 0.0882 e. The molecule has 0 aromatic heterocycles. The van der Waals surface area contributed by atoms with Gasteiger partial charge in [-0.1, -0.05) is 33.8 Å². The Labute approximate surface area is 81.9 Å². The Bertz CT molecular complexity index is 203.